The molecule has 21 heavy (non-hydrogen) atoms. The quantitative estimate of drug-likeness (QED) is 0.889. The van der Waals surface area contributed by atoms with Gasteiger partial charge in [-0.1, -0.05) is 11.3 Å². The van der Waals surface area contributed by atoms with Crippen LogP contribution in [0.25, 0.3) is 0 Å². The van der Waals surface area contributed by atoms with Crippen LogP contribution in [0.2, 0.25) is 0 Å². The van der Waals surface area contributed by atoms with E-state index >= 15 is 0 Å². The van der Waals surface area contributed by atoms with Crippen molar-refractivity contribution in [3.63, 3.8) is 0 Å². The number of aryl methyl sites for hydroxylation is 2. The van der Waals surface area contributed by atoms with Gasteiger partial charge in [0.15, 0.2) is 5.69 Å². The normalized spacial score (nSPS) is 10.4. The summed E-state index contributed by atoms with van der Waals surface area (Å²) < 4.78 is 1.26. The van der Waals surface area contributed by atoms with Gasteiger partial charge in [0.2, 0.25) is 5.91 Å². The van der Waals surface area contributed by atoms with Crippen molar-refractivity contribution in [1.29, 1.82) is 0 Å². The van der Waals surface area contributed by atoms with Crippen molar-refractivity contribution in [2.75, 3.05) is 5.32 Å². The molecule has 2 N–H and O–H groups in total. The minimum Gasteiger partial charge on any atom is -0.476 e. The fraction of sp³-hybridized carbons (Fsp3) is 0.286. The molecule has 0 unspecified atom stereocenters. The summed E-state index contributed by atoms with van der Waals surface area (Å²) in [5.41, 5.74) is 3.12. The van der Waals surface area contributed by atoms with Crippen LogP contribution in [-0.2, 0) is 11.3 Å². The van der Waals surface area contributed by atoms with Gasteiger partial charge in [-0.3, -0.25) is 4.79 Å². The van der Waals surface area contributed by atoms with Crippen LogP contribution >= 0.6 is 0 Å². The molecular formula is C14H16N4O3. The molecule has 0 saturated carbocycles. The number of rotatable bonds is 4. The molecule has 1 heterocycles. The highest BCUT2D eigenvalue weighted by atomic mass is 16.4. The largest absolute Gasteiger partial charge is 0.476 e. The molecule has 0 radical (unpaired) electrons. The molecule has 1 aromatic heterocycles. The number of nitrogens with one attached hydrogen (secondary N) is 1. The molecule has 0 aliphatic carbocycles. The molecule has 0 aliphatic rings. The molecule has 0 bridgehead atoms. The highest BCUT2D eigenvalue weighted by Gasteiger charge is 2.16. The second-order valence-electron chi connectivity index (χ2n) is 4.83. The van der Waals surface area contributed by atoms with Crippen molar-refractivity contribution in [3.8, 4) is 0 Å². The number of hydrogen-bond acceptors (Lipinski definition) is 4. The number of aromatic carboxylic acids is 1. The second-order valence-corrected chi connectivity index (χ2v) is 4.83. The summed E-state index contributed by atoms with van der Waals surface area (Å²) in [4.78, 5) is 22.8. The number of carboxylic acid groups (broad SMARTS) is 1. The van der Waals surface area contributed by atoms with E-state index in [1.807, 2.05) is 32.0 Å². The van der Waals surface area contributed by atoms with E-state index in [4.69, 9.17) is 5.11 Å². The fourth-order valence-corrected chi connectivity index (χ4v) is 1.86. The Kier molecular flexibility index (Phi) is 4.02. The first-order valence-electron chi connectivity index (χ1n) is 6.39. The Hall–Kier alpha value is -2.70. The van der Waals surface area contributed by atoms with Gasteiger partial charge in [-0.25, -0.2) is 9.48 Å². The van der Waals surface area contributed by atoms with Gasteiger partial charge < -0.3 is 10.4 Å². The first-order chi connectivity index (χ1) is 9.88. The molecule has 110 valence electrons. The van der Waals surface area contributed by atoms with E-state index in [9.17, 15) is 9.59 Å². The van der Waals surface area contributed by atoms with Crippen LogP contribution in [0.15, 0.2) is 18.2 Å². The zero-order valence-corrected chi connectivity index (χ0v) is 12.0. The maximum Gasteiger partial charge on any atom is 0.358 e. The van der Waals surface area contributed by atoms with Gasteiger partial charge in [0.05, 0.1) is 5.69 Å². The summed E-state index contributed by atoms with van der Waals surface area (Å²) in [6, 6.07) is 5.62. The van der Waals surface area contributed by atoms with Crippen LogP contribution in [0, 0.1) is 20.8 Å². The maximum absolute atomic E-state index is 12.0. The van der Waals surface area contributed by atoms with Gasteiger partial charge in [-0.2, -0.15) is 0 Å². The first kappa shape index (κ1) is 14.7. The summed E-state index contributed by atoms with van der Waals surface area (Å²) in [6.45, 7) is 5.44. The molecule has 7 heteroatoms. The lowest BCUT2D eigenvalue weighted by Crippen LogP contribution is -2.20. The van der Waals surface area contributed by atoms with Gasteiger partial charge in [0.1, 0.15) is 6.54 Å². The Morgan fingerprint density at radius 1 is 1.24 bits per heavy atom. The van der Waals surface area contributed by atoms with Crippen LogP contribution in [0.1, 0.15) is 27.3 Å². The molecule has 7 nitrogen and oxygen atoms in total. The van der Waals surface area contributed by atoms with Crippen LogP contribution in [0.3, 0.4) is 0 Å². The lowest BCUT2D eigenvalue weighted by Gasteiger charge is -2.08. The highest BCUT2D eigenvalue weighted by molar-refractivity contribution is 5.91. The summed E-state index contributed by atoms with van der Waals surface area (Å²) >= 11 is 0. The number of carboxylic acids is 1. The number of nitrogens with zero attached hydrogens (tertiary/aromatic N) is 3. The molecule has 0 fully saturated rings. The van der Waals surface area contributed by atoms with E-state index in [1.165, 1.54) is 4.68 Å². The standard InChI is InChI=1S/C14H16N4O3/c1-8-4-5-11(6-9(8)2)15-12(19)7-18-10(3)13(14(20)21)16-17-18/h4-6H,7H2,1-3H3,(H,15,19)(H,20,21). The SMILES string of the molecule is Cc1ccc(NC(=O)Cn2nnc(C(=O)O)c2C)cc1C. The number of amides is 1. The van der Waals surface area contributed by atoms with Crippen molar-refractivity contribution < 1.29 is 14.7 Å². The molecule has 1 amide bonds. The third-order valence-electron chi connectivity index (χ3n) is 3.27. The predicted octanol–water partition coefficient (Wildman–Crippen LogP) is 1.54. The zero-order valence-electron chi connectivity index (χ0n) is 12.0. The Bertz CT molecular complexity index is 706. The van der Waals surface area contributed by atoms with Crippen LogP contribution in [0.5, 0.6) is 0 Å². The zero-order chi connectivity index (χ0) is 15.6. The Morgan fingerprint density at radius 3 is 2.52 bits per heavy atom. The average molecular weight is 288 g/mol. The van der Waals surface area contributed by atoms with Crippen LogP contribution in [-0.4, -0.2) is 32.0 Å². The lowest BCUT2D eigenvalue weighted by atomic mass is 10.1. The Morgan fingerprint density at radius 2 is 1.95 bits per heavy atom. The smallest absolute Gasteiger partial charge is 0.358 e. The number of anilines is 1. The van der Waals surface area contributed by atoms with Gasteiger partial charge in [0, 0.05) is 5.69 Å². The van der Waals surface area contributed by atoms with Crippen molar-refractivity contribution in [1.82, 2.24) is 15.0 Å². The van der Waals surface area contributed by atoms with E-state index < -0.39 is 5.97 Å². The number of hydrogen-bond donors (Lipinski definition) is 2. The Labute approximate surface area is 121 Å². The molecular weight excluding hydrogens is 272 g/mol. The third kappa shape index (κ3) is 3.25. The highest BCUT2D eigenvalue weighted by Crippen LogP contribution is 2.14. The van der Waals surface area contributed by atoms with Gasteiger partial charge in [0.25, 0.3) is 0 Å². The van der Waals surface area contributed by atoms with Gasteiger partial charge in [-0.15, -0.1) is 5.10 Å². The molecule has 2 aromatic rings. The second kappa shape index (κ2) is 5.74. The summed E-state index contributed by atoms with van der Waals surface area (Å²) in [5, 5.41) is 18.8. The first-order valence-corrected chi connectivity index (χ1v) is 6.39. The molecule has 2 rings (SSSR count). The summed E-state index contributed by atoms with van der Waals surface area (Å²) in [5.74, 6) is -1.45. The van der Waals surface area contributed by atoms with Crippen LogP contribution < -0.4 is 5.32 Å². The van der Waals surface area contributed by atoms with Crippen molar-refractivity contribution in [2.45, 2.75) is 27.3 Å². The molecule has 1 aromatic carbocycles. The summed E-state index contributed by atoms with van der Waals surface area (Å²) in [7, 11) is 0. The average Bonchev–Trinajstić information content (AvgIpc) is 2.75. The fourth-order valence-electron chi connectivity index (χ4n) is 1.86. The molecule has 0 aliphatic heterocycles. The van der Waals surface area contributed by atoms with Crippen molar-refractivity contribution in [3.05, 3.63) is 40.7 Å². The molecule has 0 spiro atoms. The number of carbonyl (C=O) groups excluding carboxylic acids is 1. The molecule has 0 saturated heterocycles. The number of benzene rings is 1. The number of carbonyl (C=O) groups is 2. The van der Waals surface area contributed by atoms with Gasteiger partial charge in [-0.05, 0) is 44.0 Å². The van der Waals surface area contributed by atoms with E-state index in [0.717, 1.165) is 11.1 Å². The topological polar surface area (TPSA) is 97.1 Å². The van der Waals surface area contributed by atoms with E-state index in [2.05, 4.69) is 15.6 Å². The van der Waals surface area contributed by atoms with Crippen molar-refractivity contribution >= 4 is 17.6 Å². The van der Waals surface area contributed by atoms with E-state index in [1.54, 1.807) is 6.92 Å². The number of aromatic nitrogens is 3. The van der Waals surface area contributed by atoms with Gasteiger partial charge >= 0.3 is 5.97 Å². The summed E-state index contributed by atoms with van der Waals surface area (Å²) in [6.07, 6.45) is 0. The minimum atomic E-state index is -1.16. The van der Waals surface area contributed by atoms with Crippen molar-refractivity contribution in [2.24, 2.45) is 0 Å². The maximum atomic E-state index is 12.0. The Balaban J connectivity index is 2.08. The van der Waals surface area contributed by atoms with Crippen LogP contribution in [0.4, 0.5) is 5.69 Å². The predicted molar refractivity (Wildman–Crippen MR) is 76.3 cm³/mol. The van der Waals surface area contributed by atoms with E-state index in [0.29, 0.717) is 11.4 Å². The minimum absolute atomic E-state index is 0.0843. The van der Waals surface area contributed by atoms with E-state index in [-0.39, 0.29) is 18.1 Å². The molecule has 0 atom stereocenters. The third-order valence-corrected chi connectivity index (χ3v) is 3.27. The monoisotopic (exact) mass is 288 g/mol. The lowest BCUT2D eigenvalue weighted by molar-refractivity contribution is -0.117.